The van der Waals surface area contributed by atoms with Crippen LogP contribution in [0.3, 0.4) is 0 Å². The monoisotopic (exact) mass is 476 g/mol. The van der Waals surface area contributed by atoms with Gasteiger partial charge in [-0.1, -0.05) is 0 Å². The van der Waals surface area contributed by atoms with Crippen LogP contribution in [0.4, 0.5) is 0 Å². The van der Waals surface area contributed by atoms with Crippen molar-refractivity contribution in [2.24, 2.45) is 0 Å². The zero-order valence-corrected chi connectivity index (χ0v) is 17.8. The van der Waals surface area contributed by atoms with Gasteiger partial charge in [0.2, 0.25) is 6.29 Å². The molecule has 0 aromatic heterocycles. The summed E-state index contributed by atoms with van der Waals surface area (Å²) in [5.41, 5.74) is -0.344. The molecule has 0 amide bonds. The number of ketones is 1. The van der Waals surface area contributed by atoms with Crippen LogP contribution in [0.15, 0.2) is 12.1 Å². The minimum absolute atomic E-state index is 0.220. The highest BCUT2D eigenvalue weighted by Gasteiger charge is 2.50. The van der Waals surface area contributed by atoms with Crippen LogP contribution >= 0.6 is 0 Å². The van der Waals surface area contributed by atoms with Gasteiger partial charge >= 0.3 is 0 Å². The normalized spacial score (nSPS) is 39.3. The smallest absolute Gasteiger partial charge is 0.229 e. The van der Waals surface area contributed by atoms with Gasteiger partial charge in [-0.25, -0.2) is 0 Å². The molecule has 2 saturated heterocycles. The van der Waals surface area contributed by atoms with Crippen LogP contribution in [0.1, 0.15) is 24.2 Å². The fourth-order valence-corrected chi connectivity index (χ4v) is 3.73. The van der Waals surface area contributed by atoms with Gasteiger partial charge in [0.05, 0.1) is 12.7 Å². The predicted octanol–water partition coefficient (Wildman–Crippen LogP) is -2.67. The third-order valence-electron chi connectivity index (χ3n) is 5.60. The van der Waals surface area contributed by atoms with Crippen LogP contribution in [0, 0.1) is 0 Å². The Morgan fingerprint density at radius 2 is 1.52 bits per heavy atom. The van der Waals surface area contributed by atoms with Crippen LogP contribution in [-0.4, -0.2) is 115 Å². The van der Waals surface area contributed by atoms with Crippen LogP contribution in [0.25, 0.3) is 0 Å². The number of Topliss-reactive ketones (excluding diaryl/α,β-unsaturated/α-hetero) is 1. The first-order valence-corrected chi connectivity index (χ1v) is 10.2. The molecule has 0 saturated carbocycles. The van der Waals surface area contributed by atoms with Gasteiger partial charge in [-0.3, -0.25) is 4.79 Å². The van der Waals surface area contributed by atoms with E-state index in [2.05, 4.69) is 0 Å². The molecular weight excluding hydrogens is 448 g/mol. The Morgan fingerprint density at radius 1 is 0.909 bits per heavy atom. The van der Waals surface area contributed by atoms with Gasteiger partial charge < -0.3 is 59.8 Å². The van der Waals surface area contributed by atoms with Crippen LogP contribution in [0.5, 0.6) is 17.2 Å². The van der Waals surface area contributed by atoms with Crippen molar-refractivity contribution >= 4 is 5.78 Å². The van der Waals surface area contributed by atoms with E-state index in [4.69, 9.17) is 18.9 Å². The molecule has 0 radical (unpaired) electrons. The maximum atomic E-state index is 11.6. The highest BCUT2D eigenvalue weighted by Crippen LogP contribution is 2.35. The molecule has 1 aromatic carbocycles. The number of hydrogen-bond donors (Lipinski definition) is 8. The van der Waals surface area contributed by atoms with Gasteiger partial charge in [0, 0.05) is 12.1 Å². The minimum Gasteiger partial charge on any atom is -0.507 e. The Morgan fingerprint density at radius 3 is 2.06 bits per heavy atom. The number of aromatic hydroxyl groups is 2. The Balaban J connectivity index is 1.88. The molecule has 33 heavy (non-hydrogen) atoms. The van der Waals surface area contributed by atoms with Crippen molar-refractivity contribution in [3.05, 3.63) is 17.7 Å². The van der Waals surface area contributed by atoms with Crippen molar-refractivity contribution in [3.63, 3.8) is 0 Å². The summed E-state index contributed by atoms with van der Waals surface area (Å²) >= 11 is 0. The molecule has 0 aliphatic carbocycles. The molecule has 0 spiro atoms. The summed E-state index contributed by atoms with van der Waals surface area (Å²) in [6.45, 7) is 1.83. The van der Waals surface area contributed by atoms with Crippen LogP contribution < -0.4 is 4.74 Å². The summed E-state index contributed by atoms with van der Waals surface area (Å²) in [4.78, 5) is 11.6. The van der Waals surface area contributed by atoms with Crippen molar-refractivity contribution in [3.8, 4) is 17.2 Å². The van der Waals surface area contributed by atoms with E-state index in [1.165, 1.54) is 6.92 Å². The standard InChI is InChI=1S/C20H28O13/c1-6(22)12-9(23)3-8(4-10(12)24)31-20-18(16(28)14(26)11(5-21)32-20)33-19-17(29)15(27)13(25)7(2)30-19/h3-4,7,11,13-21,23-29H,5H2,1-2H3/t7-,11+,13-,14+,15-,16-,17+,18+,19+,20+/m1/s1. The van der Waals surface area contributed by atoms with Gasteiger partial charge in [-0.15, -0.1) is 0 Å². The lowest BCUT2D eigenvalue weighted by Crippen LogP contribution is -2.64. The van der Waals surface area contributed by atoms with Gasteiger partial charge in [-0.2, -0.15) is 0 Å². The number of aliphatic hydroxyl groups excluding tert-OH is 6. The molecule has 13 nitrogen and oxygen atoms in total. The molecule has 2 heterocycles. The SMILES string of the molecule is CC(=O)c1c(O)cc(O[C@H]2O[C@@H](CO)[C@H](O)[C@@H](O)[C@@H]2O[C@@H]2O[C@H](C)[C@@H](O)[C@@H](O)[C@@H]2O)cc1O. The average molecular weight is 476 g/mol. The van der Waals surface area contributed by atoms with E-state index < -0.39 is 85.3 Å². The quantitative estimate of drug-likeness (QED) is 0.197. The van der Waals surface area contributed by atoms with Gasteiger partial charge in [0.1, 0.15) is 59.4 Å². The van der Waals surface area contributed by atoms with E-state index in [0.29, 0.717) is 0 Å². The summed E-state index contributed by atoms with van der Waals surface area (Å²) in [6.07, 6.45) is -15.2. The number of aliphatic hydroxyl groups is 6. The van der Waals surface area contributed by atoms with Crippen molar-refractivity contribution in [2.45, 2.75) is 75.3 Å². The Hall–Kier alpha value is -2.07. The van der Waals surface area contributed by atoms with Gasteiger partial charge in [0.15, 0.2) is 18.2 Å². The zero-order valence-electron chi connectivity index (χ0n) is 17.8. The summed E-state index contributed by atoms with van der Waals surface area (Å²) in [6, 6.07) is 1.99. The van der Waals surface area contributed by atoms with Crippen molar-refractivity contribution in [2.75, 3.05) is 6.61 Å². The second kappa shape index (κ2) is 10.0. The topological polar surface area (TPSA) is 216 Å². The van der Waals surface area contributed by atoms with Crippen molar-refractivity contribution in [1.29, 1.82) is 0 Å². The number of rotatable bonds is 6. The first-order chi connectivity index (χ1) is 15.5. The molecule has 13 heteroatoms. The molecule has 10 atom stereocenters. The van der Waals surface area contributed by atoms with Crippen molar-refractivity contribution in [1.82, 2.24) is 0 Å². The number of carbonyl (C=O) groups is 1. The van der Waals surface area contributed by atoms with E-state index in [0.717, 1.165) is 19.1 Å². The lowest BCUT2D eigenvalue weighted by molar-refractivity contribution is -0.354. The molecule has 2 aliphatic heterocycles. The average Bonchev–Trinajstić information content (AvgIpc) is 2.74. The molecule has 0 bridgehead atoms. The van der Waals surface area contributed by atoms with Crippen molar-refractivity contribution < 1.29 is 64.6 Å². The first kappa shape index (κ1) is 25.6. The number of benzene rings is 1. The molecule has 8 N–H and O–H groups in total. The van der Waals surface area contributed by atoms with Gasteiger partial charge in [0.25, 0.3) is 0 Å². The minimum atomic E-state index is -1.74. The lowest BCUT2D eigenvalue weighted by Gasteiger charge is -2.45. The second-order valence-electron chi connectivity index (χ2n) is 8.00. The Kier molecular flexibility index (Phi) is 7.78. The lowest BCUT2D eigenvalue weighted by atomic mass is 9.97. The molecule has 0 unspecified atom stereocenters. The highest BCUT2D eigenvalue weighted by molar-refractivity contribution is 5.99. The fourth-order valence-electron chi connectivity index (χ4n) is 3.73. The third-order valence-corrected chi connectivity index (χ3v) is 5.60. The van der Waals surface area contributed by atoms with E-state index in [1.807, 2.05) is 0 Å². The summed E-state index contributed by atoms with van der Waals surface area (Å²) in [5, 5.41) is 80.4. The maximum absolute atomic E-state index is 11.6. The van der Waals surface area contributed by atoms with Gasteiger partial charge in [-0.05, 0) is 13.8 Å². The Bertz CT molecular complexity index is 824. The first-order valence-electron chi connectivity index (χ1n) is 10.2. The summed E-state index contributed by atoms with van der Waals surface area (Å²) in [7, 11) is 0. The molecule has 3 rings (SSSR count). The Labute approximate surface area is 187 Å². The molecule has 1 aromatic rings. The molecule has 2 fully saturated rings. The number of hydrogen-bond acceptors (Lipinski definition) is 13. The van der Waals surface area contributed by atoms with Crippen LogP contribution in [0.2, 0.25) is 0 Å². The van der Waals surface area contributed by atoms with E-state index in [9.17, 15) is 45.6 Å². The number of phenolic OH excluding ortho intramolecular Hbond substituents is 2. The largest absolute Gasteiger partial charge is 0.507 e. The number of carbonyl (C=O) groups excluding carboxylic acids is 1. The van der Waals surface area contributed by atoms with E-state index in [-0.39, 0.29) is 11.3 Å². The molecular formula is C20H28O13. The predicted molar refractivity (Wildman–Crippen MR) is 105 cm³/mol. The number of ether oxygens (including phenoxy) is 4. The number of phenols is 2. The maximum Gasteiger partial charge on any atom is 0.229 e. The van der Waals surface area contributed by atoms with Crippen LogP contribution in [-0.2, 0) is 14.2 Å². The van der Waals surface area contributed by atoms with E-state index in [1.54, 1.807) is 0 Å². The fraction of sp³-hybridized carbons (Fsp3) is 0.650. The highest BCUT2D eigenvalue weighted by atomic mass is 16.8. The summed E-state index contributed by atoms with van der Waals surface area (Å²) < 4.78 is 21.9. The van der Waals surface area contributed by atoms with E-state index >= 15 is 0 Å². The molecule has 2 aliphatic rings. The second-order valence-corrected chi connectivity index (χ2v) is 8.00. The summed E-state index contributed by atoms with van der Waals surface area (Å²) in [5.74, 6) is -2.02. The zero-order chi connectivity index (χ0) is 24.6. The molecule has 186 valence electrons. The third kappa shape index (κ3) is 5.06.